The summed E-state index contributed by atoms with van der Waals surface area (Å²) in [4.78, 5) is 23.3. The maximum absolute atomic E-state index is 11.8. The zero-order chi connectivity index (χ0) is 14.5. The van der Waals surface area contributed by atoms with Gasteiger partial charge in [-0.15, -0.1) is 5.10 Å². The van der Waals surface area contributed by atoms with Crippen molar-refractivity contribution in [1.82, 2.24) is 30.9 Å². The molecular weight excluding hydrogens is 260 g/mol. The molecule has 0 aromatic carbocycles. The Kier molecular flexibility index (Phi) is 4.67. The molecule has 2 amide bonds. The highest BCUT2D eigenvalue weighted by molar-refractivity contribution is 5.94. The van der Waals surface area contributed by atoms with Gasteiger partial charge >= 0.3 is 0 Å². The molecule has 0 unspecified atom stereocenters. The summed E-state index contributed by atoms with van der Waals surface area (Å²) in [6.45, 7) is 6.23. The Balaban J connectivity index is 1.76. The van der Waals surface area contributed by atoms with Crippen molar-refractivity contribution in [3.8, 4) is 0 Å². The Bertz CT molecular complexity index is 480. The molecule has 0 atom stereocenters. The van der Waals surface area contributed by atoms with Crippen molar-refractivity contribution in [2.24, 2.45) is 5.92 Å². The van der Waals surface area contributed by atoms with Crippen molar-refractivity contribution in [2.75, 3.05) is 26.2 Å². The van der Waals surface area contributed by atoms with Crippen molar-refractivity contribution in [3.63, 3.8) is 0 Å². The van der Waals surface area contributed by atoms with E-state index < -0.39 is 0 Å². The number of carbonyl (C=O) groups excluding carboxylic acids is 2. The van der Waals surface area contributed by atoms with E-state index in [1.807, 2.05) is 13.8 Å². The van der Waals surface area contributed by atoms with Crippen molar-refractivity contribution in [1.29, 1.82) is 0 Å². The highest BCUT2D eigenvalue weighted by Gasteiger charge is 2.21. The smallest absolute Gasteiger partial charge is 0.273 e. The summed E-state index contributed by atoms with van der Waals surface area (Å²) in [5.74, 6) is -0.212. The molecule has 8 nitrogen and oxygen atoms in total. The first-order valence-electron chi connectivity index (χ1n) is 6.73. The van der Waals surface area contributed by atoms with Crippen LogP contribution in [0.15, 0.2) is 6.20 Å². The molecule has 1 aliphatic rings. The number of carbonyl (C=O) groups is 2. The molecule has 1 saturated heterocycles. The van der Waals surface area contributed by atoms with Crippen molar-refractivity contribution >= 4 is 11.8 Å². The summed E-state index contributed by atoms with van der Waals surface area (Å²) in [5, 5.41) is 16.1. The van der Waals surface area contributed by atoms with Gasteiger partial charge in [-0.3, -0.25) is 9.59 Å². The number of nitrogens with one attached hydrogen (secondary N) is 3. The Labute approximate surface area is 117 Å². The number of aromatic nitrogens is 3. The van der Waals surface area contributed by atoms with Gasteiger partial charge < -0.3 is 16.0 Å². The van der Waals surface area contributed by atoms with E-state index in [1.54, 1.807) is 10.9 Å². The number of nitrogens with zero attached hydrogens (tertiary/aromatic N) is 3. The molecule has 0 spiro atoms. The summed E-state index contributed by atoms with van der Waals surface area (Å²) in [6.07, 6.45) is 1.60. The third kappa shape index (κ3) is 3.77. The lowest BCUT2D eigenvalue weighted by Crippen LogP contribution is -2.43. The Hall–Kier alpha value is -1.96. The summed E-state index contributed by atoms with van der Waals surface area (Å²) in [6, 6.07) is 0.262. The van der Waals surface area contributed by atoms with E-state index in [0.29, 0.717) is 12.5 Å². The average molecular weight is 280 g/mol. The molecule has 1 aromatic rings. The fourth-order valence-corrected chi connectivity index (χ4v) is 1.65. The van der Waals surface area contributed by atoms with Gasteiger partial charge in [-0.25, -0.2) is 4.68 Å². The lowest BCUT2D eigenvalue weighted by atomic mass is 10.2. The quantitative estimate of drug-likeness (QED) is 0.615. The van der Waals surface area contributed by atoms with Crippen LogP contribution in [0, 0.1) is 5.92 Å². The third-order valence-electron chi connectivity index (χ3n) is 2.99. The van der Waals surface area contributed by atoms with Crippen LogP contribution in [0.4, 0.5) is 0 Å². The molecule has 0 aliphatic carbocycles. The second kappa shape index (κ2) is 6.47. The first-order valence-corrected chi connectivity index (χ1v) is 6.73. The standard InChI is InChI=1S/C12H20N6O2/c1-8(2)3-14-11(19)6-15-12(20)10-7-18(17-16-10)9-4-13-5-9/h7-9,13H,3-6H2,1-2H3,(H,14,19)(H,15,20). The predicted octanol–water partition coefficient (Wildman–Crippen LogP) is -1.08. The van der Waals surface area contributed by atoms with Crippen LogP contribution in [-0.4, -0.2) is 53.0 Å². The van der Waals surface area contributed by atoms with E-state index in [1.165, 1.54) is 0 Å². The molecule has 1 aliphatic heterocycles. The molecule has 1 aromatic heterocycles. The molecule has 8 heteroatoms. The first kappa shape index (κ1) is 14.4. The van der Waals surface area contributed by atoms with E-state index in [9.17, 15) is 9.59 Å². The molecular formula is C12H20N6O2. The highest BCUT2D eigenvalue weighted by Crippen LogP contribution is 2.09. The van der Waals surface area contributed by atoms with Gasteiger partial charge in [0, 0.05) is 19.6 Å². The van der Waals surface area contributed by atoms with Gasteiger partial charge in [0.1, 0.15) is 0 Å². The molecule has 2 rings (SSSR count). The Morgan fingerprint density at radius 2 is 2.20 bits per heavy atom. The van der Waals surface area contributed by atoms with Crippen molar-refractivity contribution in [2.45, 2.75) is 19.9 Å². The van der Waals surface area contributed by atoms with Crippen molar-refractivity contribution in [3.05, 3.63) is 11.9 Å². The van der Waals surface area contributed by atoms with Crippen LogP contribution >= 0.6 is 0 Å². The van der Waals surface area contributed by atoms with Crippen LogP contribution in [-0.2, 0) is 4.79 Å². The van der Waals surface area contributed by atoms with Gasteiger partial charge in [0.05, 0.1) is 18.8 Å². The normalized spacial score (nSPS) is 14.9. The number of hydrogen-bond donors (Lipinski definition) is 3. The van der Waals surface area contributed by atoms with Gasteiger partial charge in [0.15, 0.2) is 5.69 Å². The minimum Gasteiger partial charge on any atom is -0.354 e. The highest BCUT2D eigenvalue weighted by atomic mass is 16.2. The Morgan fingerprint density at radius 3 is 2.80 bits per heavy atom. The zero-order valence-electron chi connectivity index (χ0n) is 11.7. The van der Waals surface area contributed by atoms with E-state index in [-0.39, 0.29) is 30.1 Å². The maximum atomic E-state index is 11.8. The average Bonchev–Trinajstić information content (AvgIpc) is 2.80. The fourth-order valence-electron chi connectivity index (χ4n) is 1.65. The van der Waals surface area contributed by atoms with E-state index >= 15 is 0 Å². The predicted molar refractivity (Wildman–Crippen MR) is 72.1 cm³/mol. The van der Waals surface area contributed by atoms with Crippen LogP contribution in [0.2, 0.25) is 0 Å². The lowest BCUT2D eigenvalue weighted by Gasteiger charge is -2.26. The third-order valence-corrected chi connectivity index (χ3v) is 2.99. The molecule has 2 heterocycles. The van der Waals surface area contributed by atoms with Gasteiger partial charge in [-0.1, -0.05) is 19.1 Å². The van der Waals surface area contributed by atoms with Crippen LogP contribution in [0.25, 0.3) is 0 Å². The summed E-state index contributed by atoms with van der Waals surface area (Å²) in [5.41, 5.74) is 0.230. The molecule has 20 heavy (non-hydrogen) atoms. The van der Waals surface area contributed by atoms with Crippen molar-refractivity contribution < 1.29 is 9.59 Å². The summed E-state index contributed by atoms with van der Waals surface area (Å²) in [7, 11) is 0. The molecule has 0 radical (unpaired) electrons. The maximum Gasteiger partial charge on any atom is 0.273 e. The van der Waals surface area contributed by atoms with Gasteiger partial charge in [0.25, 0.3) is 5.91 Å². The van der Waals surface area contributed by atoms with Crippen LogP contribution in [0.3, 0.4) is 0 Å². The van der Waals surface area contributed by atoms with Crippen LogP contribution < -0.4 is 16.0 Å². The first-order chi connectivity index (χ1) is 9.56. The second-order valence-electron chi connectivity index (χ2n) is 5.28. The summed E-state index contributed by atoms with van der Waals surface area (Å²) < 4.78 is 1.67. The second-order valence-corrected chi connectivity index (χ2v) is 5.28. The van der Waals surface area contributed by atoms with Gasteiger partial charge in [-0.2, -0.15) is 0 Å². The summed E-state index contributed by atoms with van der Waals surface area (Å²) >= 11 is 0. The molecule has 0 saturated carbocycles. The minimum absolute atomic E-state index is 0.0522. The number of rotatable bonds is 6. The molecule has 110 valence electrons. The Morgan fingerprint density at radius 1 is 1.45 bits per heavy atom. The van der Waals surface area contributed by atoms with E-state index in [4.69, 9.17) is 0 Å². The number of hydrogen-bond acceptors (Lipinski definition) is 5. The SMILES string of the molecule is CC(C)CNC(=O)CNC(=O)c1cn(C2CNC2)nn1. The minimum atomic E-state index is -0.386. The largest absolute Gasteiger partial charge is 0.354 e. The fraction of sp³-hybridized carbons (Fsp3) is 0.667. The van der Waals surface area contributed by atoms with E-state index in [2.05, 4.69) is 26.3 Å². The lowest BCUT2D eigenvalue weighted by molar-refractivity contribution is -0.120. The van der Waals surface area contributed by atoms with Crippen LogP contribution in [0.5, 0.6) is 0 Å². The zero-order valence-corrected chi connectivity index (χ0v) is 11.7. The number of amides is 2. The molecule has 3 N–H and O–H groups in total. The van der Waals surface area contributed by atoms with E-state index in [0.717, 1.165) is 13.1 Å². The van der Waals surface area contributed by atoms with Crippen LogP contribution in [0.1, 0.15) is 30.4 Å². The molecule has 0 bridgehead atoms. The molecule has 1 fully saturated rings. The van der Waals surface area contributed by atoms with Gasteiger partial charge in [0.2, 0.25) is 5.91 Å². The van der Waals surface area contributed by atoms with Gasteiger partial charge in [-0.05, 0) is 5.92 Å². The topological polar surface area (TPSA) is 101 Å². The monoisotopic (exact) mass is 280 g/mol.